The second-order valence-electron chi connectivity index (χ2n) is 10.6. The van der Waals surface area contributed by atoms with Crippen LogP contribution >= 0.6 is 22.7 Å². The standard InChI is InChI=1S/C28H33N7O4S3/c1-6-23-30-26-20(25-18(4)33-38-19(25)5)15-40-27(26)28(31-23)29-17(3)14-34-9-11-35(12-10-34)42(36,37)24-8-7-22(41-24)21-13-16(2)32-39-21/h7-8,13,15,17H,6,9-12,14H2,1-5H3,(H,29,30,31). The van der Waals surface area contributed by atoms with Gasteiger partial charge in [-0.25, -0.2) is 18.4 Å². The Morgan fingerprint density at radius 2 is 1.86 bits per heavy atom. The molecule has 1 aliphatic heterocycles. The highest BCUT2D eigenvalue weighted by atomic mass is 32.2. The Balaban J connectivity index is 1.11. The van der Waals surface area contributed by atoms with Crippen LogP contribution in [0.4, 0.5) is 5.82 Å². The third-order valence-corrected chi connectivity index (χ3v) is 11.8. The number of fused-ring (bicyclic) bond motifs is 1. The second-order valence-corrected chi connectivity index (χ2v) is 14.7. The Hall–Kier alpha value is -3.17. The van der Waals surface area contributed by atoms with E-state index >= 15 is 0 Å². The van der Waals surface area contributed by atoms with Crippen LogP contribution in [0, 0.1) is 20.8 Å². The van der Waals surface area contributed by atoms with Gasteiger partial charge in [0.15, 0.2) is 5.76 Å². The van der Waals surface area contributed by atoms with E-state index in [1.165, 1.54) is 11.3 Å². The highest BCUT2D eigenvalue weighted by Crippen LogP contribution is 2.39. The molecule has 5 aromatic heterocycles. The van der Waals surface area contributed by atoms with Crippen LogP contribution in [0.3, 0.4) is 0 Å². The van der Waals surface area contributed by atoms with Crippen LogP contribution in [0.1, 0.15) is 36.8 Å². The molecule has 1 atom stereocenters. The Morgan fingerprint density at radius 1 is 1.07 bits per heavy atom. The average molecular weight is 628 g/mol. The van der Waals surface area contributed by atoms with Crippen molar-refractivity contribution in [3.63, 3.8) is 0 Å². The fraction of sp³-hybridized carbons (Fsp3) is 0.429. The molecule has 1 fully saturated rings. The van der Waals surface area contributed by atoms with Crippen molar-refractivity contribution in [3.8, 4) is 21.8 Å². The van der Waals surface area contributed by atoms with E-state index in [4.69, 9.17) is 19.0 Å². The Bertz CT molecular complexity index is 1810. The lowest BCUT2D eigenvalue weighted by molar-refractivity contribution is 0.184. The first-order valence-electron chi connectivity index (χ1n) is 13.9. The van der Waals surface area contributed by atoms with Crippen LogP contribution in [0.25, 0.3) is 32.0 Å². The van der Waals surface area contributed by atoms with Gasteiger partial charge in [-0.15, -0.1) is 22.7 Å². The molecule has 0 aliphatic carbocycles. The summed E-state index contributed by atoms with van der Waals surface area (Å²) in [6, 6.07) is 5.33. The molecule has 0 bridgehead atoms. The van der Waals surface area contributed by atoms with Gasteiger partial charge in [-0.2, -0.15) is 4.31 Å². The van der Waals surface area contributed by atoms with Crippen molar-refractivity contribution in [3.05, 3.63) is 46.6 Å². The van der Waals surface area contributed by atoms with Crippen LogP contribution in [-0.4, -0.2) is 76.7 Å². The molecule has 0 spiro atoms. The molecule has 1 unspecified atom stereocenters. The summed E-state index contributed by atoms with van der Waals surface area (Å²) in [7, 11) is -3.58. The number of piperazine rings is 1. The molecular weight excluding hydrogens is 595 g/mol. The fourth-order valence-corrected chi connectivity index (χ4v) is 9.06. The maximum atomic E-state index is 13.4. The average Bonchev–Trinajstić information content (AvgIpc) is 3.76. The van der Waals surface area contributed by atoms with Crippen LogP contribution in [0.2, 0.25) is 0 Å². The maximum absolute atomic E-state index is 13.4. The minimum Gasteiger partial charge on any atom is -0.365 e. The topological polar surface area (TPSA) is 130 Å². The van der Waals surface area contributed by atoms with Crippen LogP contribution in [0.5, 0.6) is 0 Å². The molecule has 1 aliphatic rings. The largest absolute Gasteiger partial charge is 0.365 e. The third kappa shape index (κ3) is 5.49. The number of sulfonamides is 1. The molecule has 0 radical (unpaired) electrons. The van der Waals surface area contributed by atoms with Crippen molar-refractivity contribution in [1.82, 2.24) is 29.5 Å². The molecule has 6 heterocycles. The van der Waals surface area contributed by atoms with Gasteiger partial charge in [-0.1, -0.05) is 17.2 Å². The Labute approximate surface area is 252 Å². The number of aromatic nitrogens is 4. The molecule has 1 saturated heterocycles. The summed E-state index contributed by atoms with van der Waals surface area (Å²) < 4.78 is 40.3. The minimum atomic E-state index is -3.58. The van der Waals surface area contributed by atoms with E-state index in [2.05, 4.69) is 39.8 Å². The predicted octanol–water partition coefficient (Wildman–Crippen LogP) is 5.36. The van der Waals surface area contributed by atoms with Crippen LogP contribution in [-0.2, 0) is 16.4 Å². The molecule has 1 N–H and O–H groups in total. The Kier molecular flexibility index (Phi) is 7.91. The van der Waals surface area contributed by atoms with Crippen LogP contribution < -0.4 is 5.32 Å². The Morgan fingerprint density at radius 3 is 2.52 bits per heavy atom. The lowest BCUT2D eigenvalue weighted by Gasteiger charge is -2.35. The van der Waals surface area contributed by atoms with Gasteiger partial charge in [-0.3, -0.25) is 4.90 Å². The van der Waals surface area contributed by atoms with Gasteiger partial charge in [-0.05, 0) is 39.8 Å². The summed E-state index contributed by atoms with van der Waals surface area (Å²) in [4.78, 5) is 12.7. The second kappa shape index (κ2) is 11.5. The summed E-state index contributed by atoms with van der Waals surface area (Å²) in [6.07, 6.45) is 0.718. The number of hydrogen-bond donors (Lipinski definition) is 1. The maximum Gasteiger partial charge on any atom is 0.252 e. The number of rotatable bonds is 9. The summed E-state index contributed by atoms with van der Waals surface area (Å²) >= 11 is 2.83. The van der Waals surface area contributed by atoms with E-state index in [1.54, 1.807) is 27.8 Å². The number of anilines is 1. The van der Waals surface area contributed by atoms with Crippen LogP contribution in [0.15, 0.2) is 36.8 Å². The van der Waals surface area contributed by atoms with E-state index in [9.17, 15) is 8.42 Å². The molecule has 0 saturated carbocycles. The lowest BCUT2D eigenvalue weighted by atomic mass is 10.1. The van der Waals surface area contributed by atoms with Gasteiger partial charge < -0.3 is 14.4 Å². The third-order valence-electron chi connectivity index (χ3n) is 7.37. The summed E-state index contributed by atoms with van der Waals surface area (Å²) in [5.74, 6) is 2.96. The predicted molar refractivity (Wildman–Crippen MR) is 165 cm³/mol. The quantitative estimate of drug-likeness (QED) is 0.228. The molecular formula is C28H33N7O4S3. The van der Waals surface area contributed by atoms with E-state index in [0.717, 1.165) is 68.0 Å². The molecule has 11 nitrogen and oxygen atoms in total. The molecule has 14 heteroatoms. The van der Waals surface area contributed by atoms with Crippen molar-refractivity contribution in [2.24, 2.45) is 0 Å². The first kappa shape index (κ1) is 28.9. The number of nitrogens with one attached hydrogen (secondary N) is 1. The SMILES string of the molecule is CCc1nc(NC(C)CN2CCN(S(=O)(=O)c3ccc(-c4cc(C)no4)s3)CC2)c2scc(-c3c(C)noc3C)c2n1. The van der Waals surface area contributed by atoms with Crippen molar-refractivity contribution < 1.29 is 17.5 Å². The molecule has 6 rings (SSSR count). The van der Waals surface area contributed by atoms with Gasteiger partial charge in [0.2, 0.25) is 0 Å². The van der Waals surface area contributed by atoms with Gasteiger partial charge >= 0.3 is 0 Å². The summed E-state index contributed by atoms with van der Waals surface area (Å²) in [6.45, 7) is 12.8. The van der Waals surface area contributed by atoms with Crippen molar-refractivity contribution in [2.75, 3.05) is 38.0 Å². The minimum absolute atomic E-state index is 0.0887. The molecule has 222 valence electrons. The fourth-order valence-electron chi connectivity index (χ4n) is 5.28. The molecule has 0 amide bonds. The number of nitrogens with zero attached hydrogens (tertiary/aromatic N) is 6. The number of aryl methyl sites for hydroxylation is 4. The van der Waals surface area contributed by atoms with Gasteiger partial charge in [0.05, 0.1) is 32.0 Å². The monoisotopic (exact) mass is 627 g/mol. The highest BCUT2D eigenvalue weighted by molar-refractivity contribution is 7.91. The van der Waals surface area contributed by atoms with Crippen molar-refractivity contribution in [2.45, 2.75) is 51.3 Å². The number of thiophene rings is 2. The summed E-state index contributed by atoms with van der Waals surface area (Å²) in [5.41, 5.74) is 4.52. The van der Waals surface area contributed by atoms with E-state index in [1.807, 2.05) is 26.8 Å². The van der Waals surface area contributed by atoms with Crippen molar-refractivity contribution in [1.29, 1.82) is 0 Å². The first-order chi connectivity index (χ1) is 20.1. The van der Waals surface area contributed by atoms with Gasteiger partial charge in [0, 0.05) is 62.2 Å². The van der Waals surface area contributed by atoms with Gasteiger partial charge in [0.25, 0.3) is 10.0 Å². The molecule has 0 aromatic carbocycles. The van der Waals surface area contributed by atoms with E-state index in [-0.39, 0.29) is 6.04 Å². The van der Waals surface area contributed by atoms with E-state index < -0.39 is 10.0 Å². The summed E-state index contributed by atoms with van der Waals surface area (Å²) in [5, 5.41) is 13.7. The zero-order chi connectivity index (χ0) is 29.6. The number of hydrogen-bond acceptors (Lipinski definition) is 12. The van der Waals surface area contributed by atoms with Crippen molar-refractivity contribution >= 4 is 48.7 Å². The van der Waals surface area contributed by atoms with E-state index in [0.29, 0.717) is 36.1 Å². The first-order valence-corrected chi connectivity index (χ1v) is 17.0. The zero-order valence-corrected chi connectivity index (χ0v) is 26.6. The highest BCUT2D eigenvalue weighted by Gasteiger charge is 2.31. The van der Waals surface area contributed by atoms with Gasteiger partial charge in [0.1, 0.15) is 21.6 Å². The lowest BCUT2D eigenvalue weighted by Crippen LogP contribution is -2.50. The normalized spacial score (nSPS) is 15.9. The molecule has 5 aromatic rings. The smallest absolute Gasteiger partial charge is 0.252 e. The zero-order valence-electron chi connectivity index (χ0n) is 24.2. The molecule has 42 heavy (non-hydrogen) atoms.